The minimum atomic E-state index is -1.99. The normalized spacial score (nSPS) is 12.0. The van der Waals surface area contributed by atoms with Crippen molar-refractivity contribution in [2.75, 3.05) is 0 Å². The molecule has 0 unspecified atom stereocenters. The molecular formula is C10H5Cl3N2O. The summed E-state index contributed by atoms with van der Waals surface area (Å²) in [7, 11) is 0. The maximum absolute atomic E-state index is 11.5. The number of carbonyl (C=O) groups is 1. The van der Waals surface area contributed by atoms with Crippen molar-refractivity contribution in [1.82, 2.24) is 0 Å². The van der Waals surface area contributed by atoms with Crippen molar-refractivity contribution in [2.24, 2.45) is 4.99 Å². The molecule has 0 aliphatic heterocycles. The zero-order valence-electron chi connectivity index (χ0n) is 7.82. The second-order valence-corrected chi connectivity index (χ2v) is 5.02. The van der Waals surface area contributed by atoms with Gasteiger partial charge in [-0.1, -0.05) is 53.0 Å². The van der Waals surface area contributed by atoms with Crippen LogP contribution >= 0.6 is 34.8 Å². The first-order valence-electron chi connectivity index (χ1n) is 4.10. The van der Waals surface area contributed by atoms with E-state index in [0.717, 1.165) is 0 Å². The lowest BCUT2D eigenvalue weighted by molar-refractivity contribution is 0.100. The van der Waals surface area contributed by atoms with Crippen molar-refractivity contribution in [3.05, 3.63) is 35.9 Å². The lowest BCUT2D eigenvalue weighted by Gasteiger charge is -2.06. The van der Waals surface area contributed by atoms with E-state index in [1.807, 2.05) is 0 Å². The molecule has 0 saturated carbocycles. The van der Waals surface area contributed by atoms with Crippen molar-refractivity contribution in [3.63, 3.8) is 0 Å². The fourth-order valence-electron chi connectivity index (χ4n) is 0.899. The topological polar surface area (TPSA) is 53.2 Å². The summed E-state index contributed by atoms with van der Waals surface area (Å²) >= 11 is 16.4. The fourth-order valence-corrected chi connectivity index (χ4v) is 1.15. The molecule has 0 radical (unpaired) electrons. The molecule has 0 atom stereocenters. The second-order valence-electron chi connectivity index (χ2n) is 2.74. The number of rotatable bonds is 1. The van der Waals surface area contributed by atoms with Gasteiger partial charge in [-0.15, -0.1) is 0 Å². The number of carbonyl (C=O) groups excluding carboxylic acids is 1. The van der Waals surface area contributed by atoms with Crippen LogP contribution in [0, 0.1) is 11.3 Å². The Kier molecular flexibility index (Phi) is 4.31. The SMILES string of the molecule is N#CC(=NC(=O)c1ccccc1)C(Cl)(Cl)Cl. The van der Waals surface area contributed by atoms with Crippen molar-refractivity contribution in [1.29, 1.82) is 5.26 Å². The molecule has 0 spiro atoms. The van der Waals surface area contributed by atoms with Crippen LogP contribution in [0.1, 0.15) is 10.4 Å². The van der Waals surface area contributed by atoms with Crippen LogP contribution in [-0.4, -0.2) is 15.4 Å². The summed E-state index contributed by atoms with van der Waals surface area (Å²) in [6.45, 7) is 0. The summed E-state index contributed by atoms with van der Waals surface area (Å²) in [6, 6.07) is 9.78. The predicted octanol–water partition coefficient (Wildman–Crippen LogP) is 3.16. The number of hydrogen-bond acceptors (Lipinski definition) is 2. The third-order valence-electron chi connectivity index (χ3n) is 1.61. The Morgan fingerprint density at radius 2 is 1.81 bits per heavy atom. The van der Waals surface area contributed by atoms with Gasteiger partial charge in [0.2, 0.25) is 3.79 Å². The number of benzene rings is 1. The van der Waals surface area contributed by atoms with E-state index in [9.17, 15) is 4.79 Å². The van der Waals surface area contributed by atoms with Gasteiger partial charge in [-0.2, -0.15) is 10.3 Å². The molecular weight excluding hydrogens is 270 g/mol. The van der Waals surface area contributed by atoms with Gasteiger partial charge in [-0.25, -0.2) is 0 Å². The number of alkyl halides is 3. The standard InChI is InChI=1S/C10H5Cl3N2O/c11-10(12,13)8(6-14)15-9(16)7-4-2-1-3-5-7/h1-5H. The Morgan fingerprint density at radius 3 is 2.25 bits per heavy atom. The first-order chi connectivity index (χ1) is 7.45. The van der Waals surface area contributed by atoms with Crippen LogP contribution in [0.5, 0.6) is 0 Å². The van der Waals surface area contributed by atoms with E-state index < -0.39 is 15.4 Å². The van der Waals surface area contributed by atoms with Gasteiger partial charge in [0, 0.05) is 5.56 Å². The maximum Gasteiger partial charge on any atom is 0.278 e. The Hall–Kier alpha value is -1.08. The van der Waals surface area contributed by atoms with Crippen LogP contribution in [0.3, 0.4) is 0 Å². The van der Waals surface area contributed by atoms with Gasteiger partial charge in [-0.3, -0.25) is 4.79 Å². The predicted molar refractivity (Wildman–Crippen MR) is 64.1 cm³/mol. The summed E-state index contributed by atoms with van der Waals surface area (Å²) in [5.41, 5.74) is -0.129. The number of nitriles is 1. The van der Waals surface area contributed by atoms with Crippen molar-refractivity contribution in [2.45, 2.75) is 3.79 Å². The summed E-state index contributed by atoms with van der Waals surface area (Å²) < 4.78 is -1.99. The molecule has 82 valence electrons. The highest BCUT2D eigenvalue weighted by molar-refractivity contribution is 6.78. The molecule has 16 heavy (non-hydrogen) atoms. The highest BCUT2D eigenvalue weighted by atomic mass is 35.6. The fraction of sp³-hybridized carbons (Fsp3) is 0.100. The molecule has 1 aromatic rings. The average molecular weight is 276 g/mol. The lowest BCUT2D eigenvalue weighted by Crippen LogP contribution is -2.18. The van der Waals surface area contributed by atoms with Gasteiger partial charge >= 0.3 is 0 Å². The summed E-state index contributed by atoms with van der Waals surface area (Å²) in [5.74, 6) is -0.622. The smallest absolute Gasteiger partial charge is 0.267 e. The highest BCUT2D eigenvalue weighted by Crippen LogP contribution is 2.28. The quantitative estimate of drug-likeness (QED) is 0.584. The second kappa shape index (κ2) is 5.31. The molecule has 0 aliphatic carbocycles. The van der Waals surface area contributed by atoms with Gasteiger partial charge < -0.3 is 0 Å². The maximum atomic E-state index is 11.5. The molecule has 0 bridgehead atoms. The van der Waals surface area contributed by atoms with Gasteiger partial charge in [0.25, 0.3) is 5.91 Å². The van der Waals surface area contributed by atoms with Crippen LogP contribution in [0.25, 0.3) is 0 Å². The molecule has 0 N–H and O–H groups in total. The van der Waals surface area contributed by atoms with E-state index in [1.165, 1.54) is 0 Å². The molecule has 3 nitrogen and oxygen atoms in total. The number of aliphatic imine (C=N–C) groups is 1. The van der Waals surface area contributed by atoms with Crippen molar-refractivity contribution >= 4 is 46.4 Å². The Morgan fingerprint density at radius 1 is 1.25 bits per heavy atom. The zero-order chi connectivity index (χ0) is 12.2. The largest absolute Gasteiger partial charge is 0.278 e. The minimum Gasteiger partial charge on any atom is -0.267 e. The van der Waals surface area contributed by atoms with Gasteiger partial charge in [-0.05, 0) is 12.1 Å². The van der Waals surface area contributed by atoms with E-state index in [1.54, 1.807) is 36.4 Å². The lowest BCUT2D eigenvalue weighted by atomic mass is 10.2. The van der Waals surface area contributed by atoms with E-state index in [-0.39, 0.29) is 0 Å². The average Bonchev–Trinajstić information content (AvgIpc) is 2.25. The third kappa shape index (κ3) is 3.49. The van der Waals surface area contributed by atoms with E-state index in [4.69, 9.17) is 40.1 Å². The van der Waals surface area contributed by atoms with Crippen LogP contribution in [0.4, 0.5) is 0 Å². The molecule has 0 saturated heterocycles. The molecule has 0 aromatic heterocycles. The van der Waals surface area contributed by atoms with Gasteiger partial charge in [0.15, 0.2) is 5.71 Å². The minimum absolute atomic E-state index is 0.324. The monoisotopic (exact) mass is 274 g/mol. The number of amides is 1. The molecule has 1 amide bonds. The number of halogens is 3. The summed E-state index contributed by atoms with van der Waals surface area (Å²) in [6.07, 6.45) is 0. The highest BCUT2D eigenvalue weighted by Gasteiger charge is 2.29. The zero-order valence-corrected chi connectivity index (χ0v) is 10.1. The first-order valence-corrected chi connectivity index (χ1v) is 5.24. The van der Waals surface area contributed by atoms with Crippen LogP contribution < -0.4 is 0 Å². The van der Waals surface area contributed by atoms with Crippen LogP contribution in [-0.2, 0) is 0 Å². The van der Waals surface area contributed by atoms with Crippen LogP contribution in [0.15, 0.2) is 35.3 Å². The van der Waals surface area contributed by atoms with E-state index >= 15 is 0 Å². The van der Waals surface area contributed by atoms with E-state index in [2.05, 4.69) is 4.99 Å². The number of hydrogen-bond donors (Lipinski definition) is 0. The molecule has 0 aliphatic rings. The summed E-state index contributed by atoms with van der Waals surface area (Å²) in [5, 5.41) is 8.67. The molecule has 0 heterocycles. The van der Waals surface area contributed by atoms with Crippen LogP contribution in [0.2, 0.25) is 0 Å². The molecule has 6 heteroatoms. The molecule has 1 rings (SSSR count). The first kappa shape index (κ1) is 13.0. The van der Waals surface area contributed by atoms with Crippen molar-refractivity contribution < 1.29 is 4.79 Å². The Bertz CT molecular complexity index is 457. The Labute approximate surface area is 107 Å². The molecule has 0 fully saturated rings. The van der Waals surface area contributed by atoms with Crippen molar-refractivity contribution in [3.8, 4) is 6.07 Å². The Balaban J connectivity index is 3.02. The summed E-state index contributed by atoms with van der Waals surface area (Å²) in [4.78, 5) is 15.0. The van der Waals surface area contributed by atoms with Gasteiger partial charge in [0.05, 0.1) is 0 Å². The third-order valence-corrected chi connectivity index (χ3v) is 2.15. The van der Waals surface area contributed by atoms with E-state index in [0.29, 0.717) is 5.56 Å². The molecule has 1 aromatic carbocycles. The number of nitrogens with zero attached hydrogens (tertiary/aromatic N) is 2. The van der Waals surface area contributed by atoms with Gasteiger partial charge in [0.1, 0.15) is 6.07 Å².